The smallest absolute Gasteiger partial charge is 0.253 e. The summed E-state index contributed by atoms with van der Waals surface area (Å²) in [5.74, 6) is -2.79. The molecule has 2 saturated heterocycles. The van der Waals surface area contributed by atoms with Crippen molar-refractivity contribution >= 4 is 29.3 Å². The number of Topliss-reactive ketones (excluding diaryl/α,β-unsaturated/α-hetero) is 2. The summed E-state index contributed by atoms with van der Waals surface area (Å²) in [6.07, 6.45) is 7.45. The van der Waals surface area contributed by atoms with Crippen molar-refractivity contribution in [2.45, 2.75) is 108 Å². The van der Waals surface area contributed by atoms with Gasteiger partial charge in [-0.2, -0.15) is 0 Å². The minimum Gasteiger partial charge on any atom is -0.368 e. The van der Waals surface area contributed by atoms with Crippen molar-refractivity contribution in [1.29, 1.82) is 0 Å². The van der Waals surface area contributed by atoms with Crippen molar-refractivity contribution in [2.24, 2.45) is 23.5 Å². The summed E-state index contributed by atoms with van der Waals surface area (Å²) >= 11 is 0. The average molecular weight is 533 g/mol. The van der Waals surface area contributed by atoms with Gasteiger partial charge < -0.3 is 25.8 Å². The second-order valence-corrected chi connectivity index (χ2v) is 11.9. The minimum absolute atomic E-state index is 0.0803. The van der Waals surface area contributed by atoms with E-state index in [0.717, 1.165) is 51.4 Å². The van der Waals surface area contributed by atoms with Gasteiger partial charge in [-0.3, -0.25) is 24.0 Å². The Hall–Kier alpha value is -2.33. The van der Waals surface area contributed by atoms with Gasteiger partial charge in [-0.15, -0.1) is 0 Å². The van der Waals surface area contributed by atoms with Crippen LogP contribution in [0.3, 0.4) is 0 Å². The van der Waals surface area contributed by atoms with Gasteiger partial charge in [-0.1, -0.05) is 51.4 Å². The van der Waals surface area contributed by atoms with E-state index < -0.39 is 52.7 Å². The van der Waals surface area contributed by atoms with Gasteiger partial charge in [-0.25, -0.2) is 0 Å². The van der Waals surface area contributed by atoms with Gasteiger partial charge >= 0.3 is 0 Å². The highest BCUT2D eigenvalue weighted by Gasteiger charge is 2.57. The van der Waals surface area contributed by atoms with Crippen molar-refractivity contribution in [3.63, 3.8) is 0 Å². The molecule has 4 rings (SSSR count). The molecule has 2 saturated carbocycles. The lowest BCUT2D eigenvalue weighted by atomic mass is 9.76. The van der Waals surface area contributed by atoms with Crippen molar-refractivity contribution < 1.29 is 33.4 Å². The van der Waals surface area contributed by atoms with Crippen LogP contribution in [-0.4, -0.2) is 65.8 Å². The Kier molecular flexibility index (Phi) is 8.62. The third-order valence-corrected chi connectivity index (χ3v) is 9.51. The molecule has 4 aliphatic rings. The van der Waals surface area contributed by atoms with Crippen LogP contribution in [-0.2, 0) is 33.4 Å². The molecule has 5 unspecified atom stereocenters. The van der Waals surface area contributed by atoms with E-state index in [4.69, 9.17) is 15.2 Å². The highest BCUT2D eigenvalue weighted by molar-refractivity contribution is 6.15. The van der Waals surface area contributed by atoms with E-state index >= 15 is 0 Å². The maximum Gasteiger partial charge on any atom is 0.253 e. The zero-order valence-corrected chi connectivity index (χ0v) is 22.8. The fourth-order valence-corrected chi connectivity index (χ4v) is 6.66. The van der Waals surface area contributed by atoms with Crippen molar-refractivity contribution in [1.82, 2.24) is 10.6 Å². The van der Waals surface area contributed by atoms with Crippen LogP contribution in [0.2, 0.25) is 0 Å². The zero-order chi connectivity index (χ0) is 27.7. The van der Waals surface area contributed by atoms with Crippen LogP contribution in [0.15, 0.2) is 0 Å². The van der Waals surface area contributed by atoms with Crippen molar-refractivity contribution in [3.05, 3.63) is 5.92 Å². The zero-order valence-electron chi connectivity index (χ0n) is 22.8. The quantitative estimate of drug-likeness (QED) is 0.361. The number of carbonyl (C=O) groups excluding carboxylic acids is 5. The summed E-state index contributed by atoms with van der Waals surface area (Å²) in [7, 11) is 0. The summed E-state index contributed by atoms with van der Waals surface area (Å²) in [6, 6.07) is 0. The van der Waals surface area contributed by atoms with Crippen molar-refractivity contribution in [3.8, 4) is 0 Å². The molecule has 4 fully saturated rings. The largest absolute Gasteiger partial charge is 0.368 e. The van der Waals surface area contributed by atoms with E-state index in [2.05, 4.69) is 10.6 Å². The number of rotatable bonds is 10. The Labute approximate surface area is 224 Å². The minimum atomic E-state index is -1.98. The maximum atomic E-state index is 14.0. The highest BCUT2D eigenvalue weighted by Crippen LogP contribution is 2.40. The predicted molar refractivity (Wildman–Crippen MR) is 137 cm³/mol. The fraction of sp³-hybridized carbons (Fsp3) is 0.786. The lowest BCUT2D eigenvalue weighted by Gasteiger charge is -2.35. The van der Waals surface area contributed by atoms with Crippen LogP contribution in [0.5, 0.6) is 0 Å². The van der Waals surface area contributed by atoms with Crippen LogP contribution in [0.25, 0.3) is 0 Å². The second-order valence-electron chi connectivity index (χ2n) is 11.9. The molecule has 0 aromatic carbocycles. The van der Waals surface area contributed by atoms with Gasteiger partial charge in [0.05, 0.1) is 24.0 Å². The summed E-state index contributed by atoms with van der Waals surface area (Å²) in [6.45, 7) is 4.53. The molecule has 211 valence electrons. The molecule has 10 heteroatoms. The molecule has 5 atom stereocenters. The second kappa shape index (κ2) is 11.4. The van der Waals surface area contributed by atoms with Crippen LogP contribution in [0.4, 0.5) is 0 Å². The van der Waals surface area contributed by atoms with Gasteiger partial charge in [0.2, 0.25) is 17.4 Å². The lowest BCUT2D eigenvalue weighted by molar-refractivity contribution is -0.141. The number of nitrogens with two attached hydrogens (primary N) is 1. The molecule has 38 heavy (non-hydrogen) atoms. The number of amides is 3. The molecule has 0 aromatic rings. The Morgan fingerprint density at radius 1 is 0.895 bits per heavy atom. The first kappa shape index (κ1) is 28.7. The first-order chi connectivity index (χ1) is 18.0. The summed E-state index contributed by atoms with van der Waals surface area (Å²) in [5, 5.41) is 5.58. The number of primary amides is 1. The van der Waals surface area contributed by atoms with Gasteiger partial charge in [0.15, 0.2) is 11.6 Å². The lowest BCUT2D eigenvalue weighted by Crippen LogP contribution is -2.67. The normalized spacial score (nSPS) is 33.3. The molecule has 4 N–H and O–H groups in total. The Bertz CT molecular complexity index is 958. The van der Waals surface area contributed by atoms with Gasteiger partial charge in [0.1, 0.15) is 18.8 Å². The molecule has 0 spiro atoms. The molecule has 2 aliphatic heterocycles. The van der Waals surface area contributed by atoms with Crippen LogP contribution in [0, 0.1) is 23.7 Å². The van der Waals surface area contributed by atoms with E-state index in [1.165, 1.54) is 6.92 Å². The Morgan fingerprint density at radius 3 is 1.95 bits per heavy atom. The van der Waals surface area contributed by atoms with E-state index in [1.807, 2.05) is 0 Å². The third-order valence-electron chi connectivity index (χ3n) is 9.51. The van der Waals surface area contributed by atoms with Crippen LogP contribution in [0.1, 0.15) is 85.0 Å². The molecule has 2 aliphatic carbocycles. The molecule has 10 nitrogen and oxygen atoms in total. The van der Waals surface area contributed by atoms with E-state index in [0.29, 0.717) is 18.8 Å². The summed E-state index contributed by atoms with van der Waals surface area (Å²) < 4.78 is 10.9. The SMILES string of the molecule is CC1OCC(=O)C1(C)NC(=O)[C](CC1CCCC1)C(CC1CCCC1)C(=O)NC1(C(N)=O)C(=O)COC1C. The fourth-order valence-electron chi connectivity index (χ4n) is 6.66. The topological polar surface area (TPSA) is 154 Å². The maximum absolute atomic E-state index is 14.0. The van der Waals surface area contributed by atoms with E-state index in [9.17, 15) is 24.0 Å². The summed E-state index contributed by atoms with van der Waals surface area (Å²) in [5.41, 5.74) is 2.48. The van der Waals surface area contributed by atoms with Crippen LogP contribution >= 0.6 is 0 Å². The van der Waals surface area contributed by atoms with E-state index in [1.54, 1.807) is 13.8 Å². The number of nitrogens with one attached hydrogen (secondary N) is 2. The number of carbonyl (C=O) groups is 5. The van der Waals surface area contributed by atoms with Gasteiger partial charge in [-0.05, 0) is 45.4 Å². The molecule has 0 aromatic heterocycles. The van der Waals surface area contributed by atoms with E-state index in [-0.39, 0.29) is 30.8 Å². The summed E-state index contributed by atoms with van der Waals surface area (Å²) in [4.78, 5) is 66.0. The molecular formula is C28H42N3O7. The highest BCUT2D eigenvalue weighted by atomic mass is 16.5. The Morgan fingerprint density at radius 2 is 1.45 bits per heavy atom. The number of hydrogen-bond donors (Lipinski definition) is 3. The number of hydrogen-bond acceptors (Lipinski definition) is 7. The van der Waals surface area contributed by atoms with Crippen LogP contribution < -0.4 is 16.4 Å². The van der Waals surface area contributed by atoms with Gasteiger partial charge in [0.25, 0.3) is 5.91 Å². The predicted octanol–water partition coefficient (Wildman–Crippen LogP) is 1.53. The standard InChI is InChI=1S/C28H42N3O7/c1-16-27(3,22(32)14-37-16)30-24(34)20(12-18-8-4-5-9-18)21(13-19-10-6-7-11-19)25(35)31-28(26(29)36)17(2)38-15-23(28)33/h16-19,21H,4-15H2,1-3H3,(H2,29,36)(H,30,34)(H,31,35). The Balaban J connectivity index is 1.66. The molecule has 2 heterocycles. The first-order valence-electron chi connectivity index (χ1n) is 14.1. The molecule has 0 bridgehead atoms. The monoisotopic (exact) mass is 532 g/mol. The average Bonchev–Trinajstić information content (AvgIpc) is 3.66. The molecule has 3 amide bonds. The number of ketones is 2. The number of ether oxygens (including phenoxy) is 2. The first-order valence-corrected chi connectivity index (χ1v) is 14.1. The van der Waals surface area contributed by atoms with Crippen molar-refractivity contribution in [2.75, 3.05) is 13.2 Å². The molecule has 1 radical (unpaired) electrons. The van der Waals surface area contributed by atoms with Gasteiger partial charge in [0, 0.05) is 0 Å². The molecular weight excluding hydrogens is 490 g/mol. The third kappa shape index (κ3) is 5.39.